The predicted molar refractivity (Wildman–Crippen MR) is 90.5 cm³/mol. The van der Waals surface area contributed by atoms with E-state index in [1.54, 1.807) is 0 Å². The third-order valence-corrected chi connectivity index (χ3v) is 3.59. The Morgan fingerprint density at radius 1 is 0.762 bits per heavy atom. The average molecular weight is 324 g/mol. The van der Waals surface area contributed by atoms with Crippen molar-refractivity contribution in [1.29, 1.82) is 0 Å². The molecule has 0 spiro atoms. The summed E-state index contributed by atoms with van der Waals surface area (Å²) in [5, 5.41) is 8.08. The van der Waals surface area contributed by atoms with E-state index in [0.717, 1.165) is 12.8 Å². The summed E-state index contributed by atoms with van der Waals surface area (Å²) in [5.41, 5.74) is 0. The van der Waals surface area contributed by atoms with E-state index in [1.807, 2.05) is 0 Å². The molecule has 0 fully saturated rings. The monoisotopic (exact) mass is 323 g/mol. The highest BCUT2D eigenvalue weighted by Crippen LogP contribution is 2.12. The number of unbranched alkanes of at least 4 members (excludes halogenated alkanes) is 12. The lowest BCUT2D eigenvalue weighted by molar-refractivity contribution is -0.234. The molecule has 5 heteroatoms. The molecule has 0 saturated heterocycles. The van der Waals surface area contributed by atoms with Gasteiger partial charge < -0.3 is 4.89 Å². The van der Waals surface area contributed by atoms with Crippen LogP contribution in [0.25, 0.3) is 0 Å². The maximum Gasteiger partial charge on any atom is 0.342 e. The van der Waals surface area contributed by atoms with Gasteiger partial charge in [0.05, 0.1) is 0 Å². The molecule has 0 aliphatic heterocycles. The molecule has 5 radical (unpaired) electrons. The lowest BCUT2D eigenvalue weighted by atomic mass is 10.0. The summed E-state index contributed by atoms with van der Waals surface area (Å²) in [4.78, 5) is 14.3. The molecule has 1 N–H and O–H groups in total. The van der Waals surface area contributed by atoms with Crippen LogP contribution in [0.1, 0.15) is 96.8 Å². The Balaban J connectivity index is -0.00000162. The Labute approximate surface area is 157 Å². The molecule has 119 valence electrons. The van der Waals surface area contributed by atoms with E-state index in [4.69, 9.17) is 5.26 Å². The van der Waals surface area contributed by atoms with Gasteiger partial charge in [0, 0.05) is 46.8 Å². The van der Waals surface area contributed by atoms with Crippen LogP contribution in [0.5, 0.6) is 0 Å². The molecule has 0 saturated carbocycles. The minimum atomic E-state index is -0.511. The van der Waals surface area contributed by atoms with E-state index in [0.29, 0.717) is 6.42 Å². The predicted octanol–water partition coefficient (Wildman–Crippen LogP) is 4.72. The lowest BCUT2D eigenvalue weighted by Crippen LogP contribution is -1.99. The van der Waals surface area contributed by atoms with E-state index < -0.39 is 5.97 Å². The van der Waals surface area contributed by atoms with Gasteiger partial charge in [-0.15, -0.1) is 0 Å². The van der Waals surface area contributed by atoms with Crippen LogP contribution in [0, 0.1) is 0 Å². The molecule has 0 aliphatic rings. The van der Waals surface area contributed by atoms with Crippen molar-refractivity contribution < 1.29 is 14.9 Å². The van der Waals surface area contributed by atoms with Gasteiger partial charge in [0.2, 0.25) is 0 Å². The molecule has 21 heavy (non-hydrogen) atoms. The first-order chi connectivity index (χ1) is 9.31. The van der Waals surface area contributed by atoms with E-state index in [-0.39, 0.29) is 40.4 Å². The first kappa shape index (κ1) is 26.6. The zero-order valence-corrected chi connectivity index (χ0v) is 16.5. The van der Waals surface area contributed by atoms with E-state index in [9.17, 15) is 4.79 Å². The van der Waals surface area contributed by atoms with Gasteiger partial charge in [-0.2, -0.15) is 5.26 Å². The first-order valence-corrected chi connectivity index (χ1v) is 8.15. The lowest BCUT2D eigenvalue weighted by Gasteiger charge is -2.02. The van der Waals surface area contributed by atoms with Crippen LogP contribution in [0.15, 0.2) is 0 Å². The molecule has 0 rings (SSSR count). The largest absolute Gasteiger partial charge is 0.342 e. The van der Waals surface area contributed by atoms with Gasteiger partial charge in [-0.25, -0.2) is 4.79 Å². The van der Waals surface area contributed by atoms with Crippen molar-refractivity contribution in [2.24, 2.45) is 0 Å². The second-order valence-corrected chi connectivity index (χ2v) is 5.46. The highest BCUT2D eigenvalue weighted by Gasteiger charge is 2.00. The smallest absolute Gasteiger partial charge is 0.301 e. The number of rotatable bonds is 14. The van der Waals surface area contributed by atoms with Crippen LogP contribution in [0.2, 0.25) is 0 Å². The van der Waals surface area contributed by atoms with Crippen molar-refractivity contribution in [3.05, 3.63) is 0 Å². The third-order valence-electron chi connectivity index (χ3n) is 3.59. The number of hydrogen-bond donors (Lipinski definition) is 1. The van der Waals surface area contributed by atoms with Crippen molar-refractivity contribution in [2.75, 3.05) is 0 Å². The Hall–Kier alpha value is 0.729. The zero-order valence-electron chi connectivity index (χ0n) is 13.9. The molecule has 0 unspecified atom stereocenters. The maximum absolute atomic E-state index is 10.6. The minimum absolute atomic E-state index is 0. The van der Waals surface area contributed by atoms with Crippen molar-refractivity contribution >= 4 is 46.4 Å². The standard InChI is InChI=1S/C16H32O3.Al.Mg/c1-2-3-4-5-6-7-8-9-10-11-12-13-14-15-16(17)19-18;;/h18H,2-15H2,1H3;;. The first-order valence-electron chi connectivity index (χ1n) is 8.15. The molecule has 3 nitrogen and oxygen atoms in total. The third kappa shape index (κ3) is 23.1. The zero-order chi connectivity index (χ0) is 14.2. The molecular weight excluding hydrogens is 291 g/mol. The van der Waals surface area contributed by atoms with Crippen LogP contribution in [-0.2, 0) is 9.68 Å². The summed E-state index contributed by atoms with van der Waals surface area (Å²) in [5.74, 6) is -0.511. The quantitative estimate of drug-likeness (QED) is 0.218. The van der Waals surface area contributed by atoms with Crippen LogP contribution >= 0.6 is 0 Å². The van der Waals surface area contributed by atoms with Gasteiger partial charge in [-0.05, 0) is 6.42 Å². The summed E-state index contributed by atoms with van der Waals surface area (Å²) in [6.45, 7) is 2.26. The average Bonchev–Trinajstić information content (AvgIpc) is 2.43. The summed E-state index contributed by atoms with van der Waals surface area (Å²) in [7, 11) is 0. The highest BCUT2D eigenvalue weighted by atomic mass is 27.0. The number of carbonyl (C=O) groups is 1. The van der Waals surface area contributed by atoms with E-state index in [1.165, 1.54) is 70.6 Å². The maximum atomic E-state index is 10.6. The Morgan fingerprint density at radius 3 is 1.43 bits per heavy atom. The fraction of sp³-hybridized carbons (Fsp3) is 0.938. The summed E-state index contributed by atoms with van der Waals surface area (Å²) < 4.78 is 0. The molecule has 0 aromatic heterocycles. The van der Waals surface area contributed by atoms with Gasteiger partial charge >= 0.3 is 5.97 Å². The fourth-order valence-electron chi connectivity index (χ4n) is 2.33. The molecule has 0 atom stereocenters. The Bertz CT molecular complexity index is 204. The minimum Gasteiger partial charge on any atom is -0.301 e. The second kappa shape index (κ2) is 23.0. The Morgan fingerprint density at radius 2 is 1.10 bits per heavy atom. The van der Waals surface area contributed by atoms with Gasteiger partial charge in [0.1, 0.15) is 0 Å². The second-order valence-electron chi connectivity index (χ2n) is 5.46. The van der Waals surface area contributed by atoms with Gasteiger partial charge in [-0.1, -0.05) is 84.0 Å². The number of hydrogen-bond acceptors (Lipinski definition) is 3. The molecule has 0 heterocycles. The molecule has 0 bridgehead atoms. The van der Waals surface area contributed by atoms with Crippen LogP contribution in [0.3, 0.4) is 0 Å². The van der Waals surface area contributed by atoms with Gasteiger partial charge in [0.15, 0.2) is 0 Å². The van der Waals surface area contributed by atoms with Crippen molar-refractivity contribution in [1.82, 2.24) is 0 Å². The van der Waals surface area contributed by atoms with Crippen LogP contribution in [0.4, 0.5) is 0 Å². The summed E-state index contributed by atoms with van der Waals surface area (Å²) >= 11 is 0. The van der Waals surface area contributed by atoms with Gasteiger partial charge in [0.25, 0.3) is 0 Å². The van der Waals surface area contributed by atoms with Crippen molar-refractivity contribution in [3.8, 4) is 0 Å². The molecular formula is C16H32AlMgO3. The van der Waals surface area contributed by atoms with Crippen molar-refractivity contribution in [2.45, 2.75) is 96.8 Å². The SMILES string of the molecule is CCCCCCCCCCCCCCCC(=O)OO.[Al].[Mg]. The molecule has 0 amide bonds. The van der Waals surface area contributed by atoms with Crippen molar-refractivity contribution in [3.63, 3.8) is 0 Å². The Kier molecular flexibility index (Phi) is 29.2. The summed E-state index contributed by atoms with van der Waals surface area (Å²) in [6.07, 6.45) is 17.1. The van der Waals surface area contributed by atoms with Gasteiger partial charge in [-0.3, -0.25) is 0 Å². The molecule has 0 aromatic carbocycles. The molecule has 0 aromatic rings. The summed E-state index contributed by atoms with van der Waals surface area (Å²) in [6, 6.07) is 0. The van der Waals surface area contributed by atoms with Crippen LogP contribution in [-0.4, -0.2) is 51.6 Å². The van der Waals surface area contributed by atoms with E-state index >= 15 is 0 Å². The van der Waals surface area contributed by atoms with Crippen LogP contribution < -0.4 is 0 Å². The fourth-order valence-corrected chi connectivity index (χ4v) is 2.33. The molecule has 0 aliphatic carbocycles. The highest BCUT2D eigenvalue weighted by molar-refractivity contribution is 5.76. The topological polar surface area (TPSA) is 46.5 Å². The normalized spacial score (nSPS) is 9.62. The van der Waals surface area contributed by atoms with E-state index in [2.05, 4.69) is 11.8 Å². The number of carbonyl (C=O) groups excluding carboxylic acids is 1.